The molecule has 2 unspecified atom stereocenters. The molecule has 0 radical (unpaired) electrons. The molecule has 5 nitrogen and oxygen atoms in total. The normalized spacial score (nSPS) is 27.0. The first-order valence-corrected chi connectivity index (χ1v) is 7.47. The van der Waals surface area contributed by atoms with Gasteiger partial charge in [0.1, 0.15) is 5.69 Å². The fourth-order valence-electron chi connectivity index (χ4n) is 3.13. The van der Waals surface area contributed by atoms with Crippen molar-refractivity contribution in [2.45, 2.75) is 19.9 Å². The van der Waals surface area contributed by atoms with Gasteiger partial charge in [0.2, 0.25) is 0 Å². The highest BCUT2D eigenvalue weighted by Crippen LogP contribution is 2.43. The molecule has 0 aromatic carbocycles. The van der Waals surface area contributed by atoms with E-state index in [4.69, 9.17) is 0 Å². The lowest BCUT2D eigenvalue weighted by Crippen LogP contribution is -2.31. The summed E-state index contributed by atoms with van der Waals surface area (Å²) in [6.07, 6.45) is 1.72. The van der Waals surface area contributed by atoms with Crippen LogP contribution in [0.1, 0.15) is 24.3 Å². The average molecular weight is 274 g/mol. The van der Waals surface area contributed by atoms with Gasteiger partial charge in [0.15, 0.2) is 0 Å². The summed E-state index contributed by atoms with van der Waals surface area (Å²) in [5.74, 6) is 1.52. The van der Waals surface area contributed by atoms with Crippen molar-refractivity contribution in [1.29, 1.82) is 0 Å². The third-order valence-electron chi connectivity index (χ3n) is 4.45. The van der Waals surface area contributed by atoms with Gasteiger partial charge in [-0.15, -0.1) is 0 Å². The van der Waals surface area contributed by atoms with Crippen molar-refractivity contribution in [1.82, 2.24) is 15.2 Å². The van der Waals surface area contributed by atoms with E-state index in [0.29, 0.717) is 24.8 Å². The first kappa shape index (κ1) is 13.4. The van der Waals surface area contributed by atoms with Crippen molar-refractivity contribution in [2.24, 2.45) is 11.8 Å². The molecule has 20 heavy (non-hydrogen) atoms. The van der Waals surface area contributed by atoms with Crippen LogP contribution in [-0.4, -0.2) is 48.0 Å². The maximum atomic E-state index is 12.3. The summed E-state index contributed by atoms with van der Waals surface area (Å²) in [6.45, 7) is 7.63. The predicted molar refractivity (Wildman–Crippen MR) is 78.7 cm³/mol. The SMILES string of the molecule is CCN(CC)C(=O)c1cc(NC2C3CNCC32)ccn1. The molecule has 1 saturated carbocycles. The molecular formula is C15H22N4O. The maximum absolute atomic E-state index is 12.3. The Labute approximate surface area is 119 Å². The topological polar surface area (TPSA) is 57.3 Å². The number of pyridine rings is 1. The number of carbonyl (C=O) groups is 1. The molecule has 1 aliphatic carbocycles. The third kappa shape index (κ3) is 2.38. The molecule has 5 heteroatoms. The average Bonchev–Trinajstić information content (AvgIpc) is 2.90. The molecule has 2 aliphatic rings. The number of carbonyl (C=O) groups excluding carboxylic acids is 1. The van der Waals surface area contributed by atoms with Crippen molar-refractivity contribution in [3.8, 4) is 0 Å². The van der Waals surface area contributed by atoms with Crippen molar-refractivity contribution >= 4 is 11.6 Å². The van der Waals surface area contributed by atoms with Gasteiger partial charge in [-0.25, -0.2) is 0 Å². The van der Waals surface area contributed by atoms with Crippen molar-refractivity contribution in [2.75, 3.05) is 31.5 Å². The van der Waals surface area contributed by atoms with Crippen LogP contribution in [0.15, 0.2) is 18.3 Å². The van der Waals surface area contributed by atoms with Crippen molar-refractivity contribution in [3.05, 3.63) is 24.0 Å². The molecule has 2 atom stereocenters. The number of anilines is 1. The number of piperidine rings is 1. The van der Waals surface area contributed by atoms with Gasteiger partial charge >= 0.3 is 0 Å². The van der Waals surface area contributed by atoms with Crippen LogP contribution in [0.4, 0.5) is 5.69 Å². The standard InChI is InChI=1S/C15H22N4O/c1-3-19(4-2)15(20)13-7-10(5-6-17-13)18-14-11-8-16-9-12(11)14/h5-7,11-12,14,16H,3-4,8-9H2,1-2H3,(H,17,18). The van der Waals surface area contributed by atoms with Crippen molar-refractivity contribution < 1.29 is 4.79 Å². The number of aromatic nitrogens is 1. The van der Waals surface area contributed by atoms with E-state index in [-0.39, 0.29) is 5.91 Å². The number of amides is 1. The Morgan fingerprint density at radius 2 is 2.10 bits per heavy atom. The molecule has 1 saturated heterocycles. The monoisotopic (exact) mass is 274 g/mol. The summed E-state index contributed by atoms with van der Waals surface area (Å²) in [5.41, 5.74) is 1.54. The number of hydrogen-bond acceptors (Lipinski definition) is 4. The number of nitrogens with zero attached hydrogens (tertiary/aromatic N) is 2. The molecule has 108 valence electrons. The van der Waals surface area contributed by atoms with Crippen LogP contribution in [0.3, 0.4) is 0 Å². The first-order valence-electron chi connectivity index (χ1n) is 7.47. The Bertz CT molecular complexity index is 490. The van der Waals surface area contributed by atoms with Crippen LogP contribution in [0, 0.1) is 11.8 Å². The van der Waals surface area contributed by atoms with E-state index in [1.54, 1.807) is 11.1 Å². The van der Waals surface area contributed by atoms with E-state index in [9.17, 15) is 4.79 Å². The number of fused-ring (bicyclic) bond motifs is 1. The van der Waals surface area contributed by atoms with Crippen LogP contribution < -0.4 is 10.6 Å². The van der Waals surface area contributed by atoms with Crippen LogP contribution in [0.25, 0.3) is 0 Å². The van der Waals surface area contributed by atoms with Crippen molar-refractivity contribution in [3.63, 3.8) is 0 Å². The van der Waals surface area contributed by atoms with E-state index in [2.05, 4.69) is 15.6 Å². The van der Waals surface area contributed by atoms with E-state index in [1.165, 1.54) is 0 Å². The molecule has 2 heterocycles. The number of rotatable bonds is 5. The molecule has 1 aliphatic heterocycles. The number of hydrogen-bond donors (Lipinski definition) is 2. The highest BCUT2D eigenvalue weighted by molar-refractivity contribution is 5.93. The molecular weight excluding hydrogens is 252 g/mol. The summed E-state index contributed by atoms with van der Waals surface area (Å²) in [5, 5.41) is 6.92. The minimum Gasteiger partial charge on any atom is -0.382 e. The Balaban J connectivity index is 1.68. The fraction of sp³-hybridized carbons (Fsp3) is 0.600. The lowest BCUT2D eigenvalue weighted by atomic mass is 10.2. The second-order valence-electron chi connectivity index (χ2n) is 5.56. The zero-order valence-corrected chi connectivity index (χ0v) is 12.1. The van der Waals surface area contributed by atoms with Gasteiger partial charge in [-0.1, -0.05) is 0 Å². The Morgan fingerprint density at radius 3 is 2.75 bits per heavy atom. The van der Waals surface area contributed by atoms with Gasteiger partial charge in [0.25, 0.3) is 5.91 Å². The summed E-state index contributed by atoms with van der Waals surface area (Å²) in [6, 6.07) is 4.39. The van der Waals surface area contributed by atoms with Gasteiger partial charge in [-0.2, -0.15) is 0 Å². The Morgan fingerprint density at radius 1 is 1.40 bits per heavy atom. The van der Waals surface area contributed by atoms with E-state index in [0.717, 1.165) is 30.6 Å². The summed E-state index contributed by atoms with van der Waals surface area (Å²) >= 11 is 0. The second-order valence-corrected chi connectivity index (χ2v) is 5.56. The Hall–Kier alpha value is -1.62. The minimum atomic E-state index is 0.0105. The van der Waals surface area contributed by atoms with Gasteiger partial charge in [0.05, 0.1) is 0 Å². The zero-order valence-electron chi connectivity index (χ0n) is 12.1. The van der Waals surface area contributed by atoms with Gasteiger partial charge in [0, 0.05) is 44.1 Å². The van der Waals surface area contributed by atoms with E-state index >= 15 is 0 Å². The van der Waals surface area contributed by atoms with Gasteiger partial charge in [-0.3, -0.25) is 9.78 Å². The molecule has 1 aromatic heterocycles. The molecule has 1 amide bonds. The van der Waals surface area contributed by atoms with Crippen LogP contribution in [0.5, 0.6) is 0 Å². The first-order chi connectivity index (χ1) is 9.74. The Kier molecular flexibility index (Phi) is 3.61. The van der Waals surface area contributed by atoms with Crippen LogP contribution >= 0.6 is 0 Å². The maximum Gasteiger partial charge on any atom is 0.272 e. The largest absolute Gasteiger partial charge is 0.382 e. The third-order valence-corrected chi connectivity index (χ3v) is 4.45. The molecule has 2 fully saturated rings. The second kappa shape index (κ2) is 5.40. The molecule has 0 bridgehead atoms. The quantitative estimate of drug-likeness (QED) is 0.847. The summed E-state index contributed by atoms with van der Waals surface area (Å²) in [7, 11) is 0. The van der Waals surface area contributed by atoms with Gasteiger partial charge < -0.3 is 15.5 Å². The summed E-state index contributed by atoms with van der Waals surface area (Å²) in [4.78, 5) is 18.3. The highest BCUT2D eigenvalue weighted by atomic mass is 16.2. The van der Waals surface area contributed by atoms with E-state index in [1.807, 2.05) is 26.0 Å². The minimum absolute atomic E-state index is 0.0105. The van der Waals surface area contributed by atoms with E-state index < -0.39 is 0 Å². The molecule has 3 rings (SSSR count). The van der Waals surface area contributed by atoms with Crippen LogP contribution in [0.2, 0.25) is 0 Å². The fourth-order valence-corrected chi connectivity index (χ4v) is 3.13. The highest BCUT2D eigenvalue weighted by Gasteiger charge is 2.52. The summed E-state index contributed by atoms with van der Waals surface area (Å²) < 4.78 is 0. The smallest absolute Gasteiger partial charge is 0.272 e. The molecule has 1 aromatic rings. The van der Waals surface area contributed by atoms with Gasteiger partial charge in [-0.05, 0) is 37.8 Å². The molecule has 0 spiro atoms. The van der Waals surface area contributed by atoms with Crippen LogP contribution in [-0.2, 0) is 0 Å². The lowest BCUT2D eigenvalue weighted by molar-refractivity contribution is 0.0767. The zero-order chi connectivity index (χ0) is 14.1. The lowest BCUT2D eigenvalue weighted by Gasteiger charge is -2.18. The number of nitrogens with one attached hydrogen (secondary N) is 2. The molecule has 2 N–H and O–H groups in total. The predicted octanol–water partition coefficient (Wildman–Crippen LogP) is 1.19.